The topological polar surface area (TPSA) is 59.8 Å². The van der Waals surface area contributed by atoms with E-state index in [1.807, 2.05) is 0 Å². The molecule has 2 aromatic rings. The molecule has 5 nitrogen and oxygen atoms in total. The molecule has 1 heterocycles. The number of carbonyl (C=O) groups is 1. The predicted molar refractivity (Wildman–Crippen MR) is 107 cm³/mol. The Bertz CT molecular complexity index is 775. The maximum absolute atomic E-state index is 12.2. The lowest BCUT2D eigenvalue weighted by molar-refractivity contribution is -0.113. The number of hydrogen-bond donors (Lipinski definition) is 1. The van der Waals surface area contributed by atoms with Gasteiger partial charge in [-0.25, -0.2) is 0 Å². The van der Waals surface area contributed by atoms with Crippen LogP contribution in [0.4, 0.5) is 5.69 Å². The molecule has 0 aliphatic heterocycles. The maximum atomic E-state index is 12.2. The number of carbonyl (C=O) groups excluding carboxylic acids is 1. The zero-order chi connectivity index (χ0) is 18.5. The highest BCUT2D eigenvalue weighted by molar-refractivity contribution is 7.99. The number of nitrogens with one attached hydrogen (secondary N) is 1. The molecule has 0 bridgehead atoms. The fraction of sp³-hybridized carbons (Fsp3) is 0.500. The predicted octanol–water partition coefficient (Wildman–Crippen LogP) is 5.38. The van der Waals surface area contributed by atoms with Crippen LogP contribution in [-0.4, -0.2) is 26.4 Å². The molecule has 0 saturated heterocycles. The first-order valence-electron chi connectivity index (χ1n) is 8.89. The van der Waals surface area contributed by atoms with E-state index in [1.54, 1.807) is 18.2 Å². The lowest BCUT2D eigenvalue weighted by atomic mass is 9.89. The normalized spacial score (nSPS) is 15.2. The van der Waals surface area contributed by atoms with Gasteiger partial charge in [-0.15, -0.1) is 10.2 Å². The average Bonchev–Trinajstić information content (AvgIpc) is 3.07. The van der Waals surface area contributed by atoms with Gasteiger partial charge in [0, 0.05) is 18.2 Å². The zero-order valence-electron chi connectivity index (χ0n) is 14.7. The van der Waals surface area contributed by atoms with E-state index in [1.165, 1.54) is 43.9 Å². The van der Waals surface area contributed by atoms with E-state index in [9.17, 15) is 4.79 Å². The third kappa shape index (κ3) is 4.72. The molecule has 0 atom stereocenters. The van der Waals surface area contributed by atoms with Crippen molar-refractivity contribution < 1.29 is 4.79 Å². The Kier molecular flexibility index (Phi) is 6.84. The number of benzene rings is 1. The summed E-state index contributed by atoms with van der Waals surface area (Å²) >= 11 is 13.3. The molecule has 1 saturated carbocycles. The van der Waals surface area contributed by atoms with E-state index in [-0.39, 0.29) is 11.7 Å². The summed E-state index contributed by atoms with van der Waals surface area (Å²) < 4.78 is 2.15. The number of hydrogen-bond acceptors (Lipinski definition) is 4. The fourth-order valence-corrected chi connectivity index (χ4v) is 4.38. The van der Waals surface area contributed by atoms with E-state index >= 15 is 0 Å². The van der Waals surface area contributed by atoms with Crippen LogP contribution in [0.2, 0.25) is 10.0 Å². The summed E-state index contributed by atoms with van der Waals surface area (Å²) in [6, 6.07) is 5.03. The fourth-order valence-electron chi connectivity index (χ4n) is 3.27. The van der Waals surface area contributed by atoms with Crippen LogP contribution < -0.4 is 5.32 Å². The summed E-state index contributed by atoms with van der Waals surface area (Å²) in [6.07, 6.45) is 6.19. The smallest absolute Gasteiger partial charge is 0.234 e. The van der Waals surface area contributed by atoms with Crippen LogP contribution in [0.1, 0.15) is 50.8 Å². The van der Waals surface area contributed by atoms with Crippen molar-refractivity contribution in [3.8, 4) is 0 Å². The molecule has 0 unspecified atom stereocenters. The van der Waals surface area contributed by atoms with Gasteiger partial charge in [0.1, 0.15) is 5.82 Å². The molecule has 1 aliphatic carbocycles. The van der Waals surface area contributed by atoms with E-state index in [2.05, 4.69) is 27.0 Å². The lowest BCUT2D eigenvalue weighted by Gasteiger charge is -2.21. The van der Waals surface area contributed by atoms with Gasteiger partial charge in [0.15, 0.2) is 5.16 Å². The largest absolute Gasteiger partial charge is 0.325 e. The van der Waals surface area contributed by atoms with Gasteiger partial charge in [-0.05, 0) is 38.0 Å². The minimum Gasteiger partial charge on any atom is -0.325 e. The number of anilines is 1. The molecular weight excluding hydrogens is 391 g/mol. The van der Waals surface area contributed by atoms with Gasteiger partial charge in [-0.2, -0.15) is 0 Å². The van der Waals surface area contributed by atoms with Gasteiger partial charge in [-0.1, -0.05) is 54.2 Å². The number of aromatic nitrogens is 3. The Morgan fingerprint density at radius 3 is 2.69 bits per heavy atom. The van der Waals surface area contributed by atoms with Crippen molar-refractivity contribution >= 4 is 46.6 Å². The third-order valence-electron chi connectivity index (χ3n) is 4.57. The molecular formula is C18H22Cl2N4OS. The molecule has 1 amide bonds. The second-order valence-electron chi connectivity index (χ2n) is 6.39. The molecule has 1 fully saturated rings. The summed E-state index contributed by atoms with van der Waals surface area (Å²) in [5, 5.41) is 13.3. The monoisotopic (exact) mass is 412 g/mol. The molecule has 26 heavy (non-hydrogen) atoms. The molecule has 140 valence electrons. The molecule has 1 aliphatic rings. The molecule has 1 aromatic carbocycles. The van der Waals surface area contributed by atoms with Crippen LogP contribution in [-0.2, 0) is 11.3 Å². The first-order chi connectivity index (χ1) is 12.6. The van der Waals surface area contributed by atoms with Crippen LogP contribution in [0, 0.1) is 0 Å². The molecule has 8 heteroatoms. The van der Waals surface area contributed by atoms with Crippen LogP contribution in [0.15, 0.2) is 23.4 Å². The van der Waals surface area contributed by atoms with Gasteiger partial charge in [0.2, 0.25) is 5.91 Å². The highest BCUT2D eigenvalue weighted by atomic mass is 35.5. The van der Waals surface area contributed by atoms with Gasteiger partial charge >= 0.3 is 0 Å². The molecule has 1 aromatic heterocycles. The highest BCUT2D eigenvalue weighted by Gasteiger charge is 2.23. The summed E-state index contributed by atoms with van der Waals surface area (Å²) in [5.41, 5.74) is 0.629. The van der Waals surface area contributed by atoms with Crippen molar-refractivity contribution in [2.45, 2.75) is 56.6 Å². The number of amides is 1. The minimum absolute atomic E-state index is 0.113. The van der Waals surface area contributed by atoms with Gasteiger partial charge in [0.05, 0.1) is 15.8 Å². The summed E-state index contributed by atoms with van der Waals surface area (Å²) in [6.45, 7) is 2.91. The molecule has 1 N–H and O–H groups in total. The average molecular weight is 413 g/mol. The Labute approximate surface area is 167 Å². The first-order valence-corrected chi connectivity index (χ1v) is 10.6. The molecule has 3 rings (SSSR count). The van der Waals surface area contributed by atoms with Crippen molar-refractivity contribution in [3.63, 3.8) is 0 Å². The SMILES string of the molecule is CCn1c(SCC(=O)Nc2ccc(Cl)c(Cl)c2)nnc1C1CCCCC1. The maximum Gasteiger partial charge on any atom is 0.234 e. The quantitative estimate of drug-likeness (QED) is 0.646. The minimum atomic E-state index is -0.113. The number of rotatable bonds is 6. The third-order valence-corrected chi connectivity index (χ3v) is 6.27. The molecule has 0 spiro atoms. The van der Waals surface area contributed by atoms with Crippen LogP contribution in [0.5, 0.6) is 0 Å². The Morgan fingerprint density at radius 2 is 2.00 bits per heavy atom. The van der Waals surface area contributed by atoms with Gasteiger partial charge < -0.3 is 9.88 Å². The van der Waals surface area contributed by atoms with Crippen molar-refractivity contribution in [1.82, 2.24) is 14.8 Å². The number of nitrogens with zero attached hydrogens (tertiary/aromatic N) is 3. The second kappa shape index (κ2) is 9.11. The van der Waals surface area contributed by atoms with Gasteiger partial charge in [0.25, 0.3) is 0 Å². The van der Waals surface area contributed by atoms with Crippen molar-refractivity contribution in [2.75, 3.05) is 11.1 Å². The highest BCUT2D eigenvalue weighted by Crippen LogP contribution is 2.33. The van der Waals surface area contributed by atoms with Crippen molar-refractivity contribution in [2.24, 2.45) is 0 Å². The summed E-state index contributed by atoms with van der Waals surface area (Å²) in [5.74, 6) is 1.72. The standard InChI is InChI=1S/C18H22Cl2N4OS/c1-2-24-17(12-6-4-3-5-7-12)22-23-18(24)26-11-16(25)21-13-8-9-14(19)15(20)10-13/h8-10,12H,2-7,11H2,1H3,(H,21,25). The van der Waals surface area contributed by atoms with E-state index < -0.39 is 0 Å². The van der Waals surface area contributed by atoms with E-state index in [0.717, 1.165) is 17.5 Å². The van der Waals surface area contributed by atoms with E-state index in [0.29, 0.717) is 21.7 Å². The summed E-state index contributed by atoms with van der Waals surface area (Å²) in [4.78, 5) is 12.2. The number of thioether (sulfide) groups is 1. The van der Waals surface area contributed by atoms with Gasteiger partial charge in [-0.3, -0.25) is 4.79 Å². The van der Waals surface area contributed by atoms with Crippen LogP contribution in [0.3, 0.4) is 0 Å². The van der Waals surface area contributed by atoms with Crippen molar-refractivity contribution in [3.05, 3.63) is 34.1 Å². The first kappa shape index (κ1) is 19.5. The van der Waals surface area contributed by atoms with Crippen LogP contribution in [0.25, 0.3) is 0 Å². The van der Waals surface area contributed by atoms with Crippen molar-refractivity contribution in [1.29, 1.82) is 0 Å². The number of halogens is 2. The van der Waals surface area contributed by atoms with E-state index in [4.69, 9.17) is 23.2 Å². The lowest BCUT2D eigenvalue weighted by Crippen LogP contribution is -2.15. The summed E-state index contributed by atoms with van der Waals surface area (Å²) in [7, 11) is 0. The zero-order valence-corrected chi connectivity index (χ0v) is 17.0. The second-order valence-corrected chi connectivity index (χ2v) is 8.14. The Hall–Kier alpha value is -1.24. The molecule has 0 radical (unpaired) electrons. The Balaban J connectivity index is 1.61. The Morgan fingerprint density at radius 1 is 1.23 bits per heavy atom. The van der Waals surface area contributed by atoms with Crippen LogP contribution >= 0.6 is 35.0 Å².